The van der Waals surface area contributed by atoms with Crippen LogP contribution in [0.2, 0.25) is 0 Å². The number of imidazole rings is 1. The molecule has 3 aromatic rings. The molecule has 0 saturated heterocycles. The largest absolute Gasteiger partial charge is 0.416 e. The van der Waals surface area contributed by atoms with Crippen LogP contribution in [0.3, 0.4) is 0 Å². The van der Waals surface area contributed by atoms with Gasteiger partial charge in [-0.25, -0.2) is 14.8 Å². The molecule has 1 aliphatic rings. The number of alkyl halides is 3. The number of aromatic nitrogens is 4. The minimum absolute atomic E-state index is 0.217. The van der Waals surface area contributed by atoms with Crippen LogP contribution in [0, 0.1) is 0 Å². The highest BCUT2D eigenvalue weighted by Gasteiger charge is 2.30. The van der Waals surface area contributed by atoms with Crippen molar-refractivity contribution < 1.29 is 13.2 Å². The summed E-state index contributed by atoms with van der Waals surface area (Å²) in [7, 11) is 0. The lowest BCUT2D eigenvalue weighted by Gasteiger charge is -2.13. The Morgan fingerprint density at radius 3 is 2.63 bits per heavy atom. The lowest BCUT2D eigenvalue weighted by Crippen LogP contribution is -2.41. The van der Waals surface area contributed by atoms with E-state index in [2.05, 4.69) is 9.98 Å². The normalized spacial score (nSPS) is 13.2. The topological polar surface area (TPSA) is 74.2 Å². The average Bonchev–Trinajstić information content (AvgIpc) is 3.42. The zero-order valence-corrected chi connectivity index (χ0v) is 19.9. The molecule has 0 amide bonds. The van der Waals surface area contributed by atoms with Crippen LogP contribution in [0.1, 0.15) is 48.6 Å². The lowest BCUT2D eigenvalue weighted by molar-refractivity contribution is -0.137. The molecule has 0 spiro atoms. The Hall–Kier alpha value is -3.14. The summed E-state index contributed by atoms with van der Waals surface area (Å²) in [4.78, 5) is 34.5. The van der Waals surface area contributed by atoms with Gasteiger partial charge in [0.15, 0.2) is 0 Å². The van der Waals surface area contributed by atoms with Crippen LogP contribution in [0.4, 0.5) is 19.0 Å². The van der Waals surface area contributed by atoms with Gasteiger partial charge < -0.3 is 4.57 Å². The van der Waals surface area contributed by atoms with Gasteiger partial charge in [-0.3, -0.25) is 13.9 Å². The summed E-state index contributed by atoms with van der Waals surface area (Å²) in [5.41, 5.74) is 0.230. The number of rotatable bonds is 9. The number of unbranched alkanes of at least 4 members (excludes halogenated alkanes) is 1. The van der Waals surface area contributed by atoms with Gasteiger partial charge in [-0.15, -0.1) is 0 Å². The number of hydrogen-bond donors (Lipinski definition) is 0. The zero-order valence-electron chi connectivity index (χ0n) is 19.2. The van der Waals surface area contributed by atoms with Gasteiger partial charge in [0.2, 0.25) is 0 Å². The minimum Gasteiger partial charge on any atom is -0.333 e. The first-order valence-corrected chi connectivity index (χ1v) is 11.8. The number of nitrogens with zero attached hydrogens (tertiary/aromatic N) is 5. The highest BCUT2D eigenvalue weighted by molar-refractivity contribution is 6.66. The van der Waals surface area contributed by atoms with Crippen molar-refractivity contribution in [2.75, 3.05) is 0 Å². The van der Waals surface area contributed by atoms with E-state index in [0.717, 1.165) is 30.7 Å². The van der Waals surface area contributed by atoms with E-state index in [-0.39, 0.29) is 25.1 Å². The number of fused-ring (bicyclic) bond motifs is 1. The first-order valence-electron chi connectivity index (χ1n) is 11.4. The predicted molar refractivity (Wildman–Crippen MR) is 128 cm³/mol. The fourth-order valence-corrected chi connectivity index (χ4v) is 4.35. The second-order valence-corrected chi connectivity index (χ2v) is 8.99. The number of aryl methyl sites for hydroxylation is 1. The molecule has 0 saturated carbocycles. The van der Waals surface area contributed by atoms with Crippen molar-refractivity contribution in [2.24, 2.45) is 4.99 Å². The molecule has 0 unspecified atom stereocenters. The van der Waals surface area contributed by atoms with Gasteiger partial charge in [0.25, 0.3) is 5.56 Å². The second kappa shape index (κ2) is 10.2. The van der Waals surface area contributed by atoms with Gasteiger partial charge in [0.1, 0.15) is 11.0 Å². The van der Waals surface area contributed by atoms with Gasteiger partial charge in [-0.1, -0.05) is 37.1 Å². The second-order valence-electron chi connectivity index (χ2n) is 8.55. The Morgan fingerprint density at radius 2 is 1.89 bits per heavy atom. The maximum Gasteiger partial charge on any atom is 0.416 e. The van der Waals surface area contributed by atoms with Crippen LogP contribution in [0.5, 0.6) is 0 Å². The van der Waals surface area contributed by atoms with E-state index < -0.39 is 17.4 Å². The monoisotopic (exact) mass is 507 g/mol. The minimum atomic E-state index is -4.39. The SMILES string of the molecule is CCCCn1c2c(c(=O)n(CCCc3cn(Cc4cccc(C(F)(F)F)c4)cn3)c1=O)CC(Cl)=N2. The average molecular weight is 508 g/mol. The molecule has 7 nitrogen and oxygen atoms in total. The summed E-state index contributed by atoms with van der Waals surface area (Å²) >= 11 is 6.06. The van der Waals surface area contributed by atoms with E-state index in [1.165, 1.54) is 15.2 Å². The molecule has 35 heavy (non-hydrogen) atoms. The van der Waals surface area contributed by atoms with Crippen molar-refractivity contribution in [2.45, 2.75) is 64.8 Å². The number of hydrogen-bond acceptors (Lipinski definition) is 4. The first kappa shape index (κ1) is 25.0. The van der Waals surface area contributed by atoms with Gasteiger partial charge in [-0.2, -0.15) is 13.2 Å². The van der Waals surface area contributed by atoms with Crippen molar-refractivity contribution in [1.82, 2.24) is 18.7 Å². The molecule has 0 aliphatic carbocycles. The predicted octanol–water partition coefficient (Wildman–Crippen LogP) is 4.53. The molecule has 4 rings (SSSR count). The summed E-state index contributed by atoms with van der Waals surface area (Å²) in [6.45, 7) is 2.95. The molecular weight excluding hydrogens is 483 g/mol. The van der Waals surface area contributed by atoms with Crippen LogP contribution in [-0.4, -0.2) is 23.9 Å². The van der Waals surface area contributed by atoms with Gasteiger partial charge in [0.05, 0.1) is 23.1 Å². The molecule has 11 heteroatoms. The number of aliphatic imine (C=N–C) groups is 1. The quantitative estimate of drug-likeness (QED) is 0.427. The Kier molecular flexibility index (Phi) is 7.30. The molecule has 0 radical (unpaired) electrons. The van der Waals surface area contributed by atoms with E-state index in [1.807, 2.05) is 6.92 Å². The van der Waals surface area contributed by atoms with E-state index in [1.54, 1.807) is 23.2 Å². The Morgan fingerprint density at radius 1 is 1.11 bits per heavy atom. The zero-order chi connectivity index (χ0) is 25.2. The van der Waals surface area contributed by atoms with Crippen LogP contribution >= 0.6 is 11.6 Å². The smallest absolute Gasteiger partial charge is 0.333 e. The van der Waals surface area contributed by atoms with Crippen molar-refractivity contribution in [3.63, 3.8) is 0 Å². The number of halogens is 4. The fraction of sp³-hybridized carbons (Fsp3) is 0.417. The van der Waals surface area contributed by atoms with Gasteiger partial charge in [0, 0.05) is 32.3 Å². The molecule has 2 aromatic heterocycles. The Balaban J connectivity index is 1.44. The van der Waals surface area contributed by atoms with Crippen LogP contribution in [-0.2, 0) is 38.7 Å². The van der Waals surface area contributed by atoms with Crippen molar-refractivity contribution in [3.8, 4) is 0 Å². The standard InChI is InChI=1S/C24H25ClF3N5O2/c1-2-3-9-32-21-19(12-20(25)30-21)22(34)33(23(32)35)10-5-8-18-14-31(15-29-18)13-16-6-4-7-17(11-16)24(26,27)28/h4,6-7,11,14-15H,2-3,5,8-10,12-13H2,1H3. The Bertz CT molecular complexity index is 1370. The van der Waals surface area contributed by atoms with Crippen LogP contribution in [0.25, 0.3) is 0 Å². The molecule has 0 N–H and O–H groups in total. The van der Waals surface area contributed by atoms with Gasteiger partial charge >= 0.3 is 11.9 Å². The summed E-state index contributed by atoms with van der Waals surface area (Å²) in [5, 5.41) is 0.297. The third-order valence-corrected chi connectivity index (χ3v) is 6.11. The number of benzene rings is 1. The summed E-state index contributed by atoms with van der Waals surface area (Å²) < 4.78 is 43.3. The van der Waals surface area contributed by atoms with Gasteiger partial charge in [-0.05, 0) is 37.0 Å². The third-order valence-electron chi connectivity index (χ3n) is 5.90. The van der Waals surface area contributed by atoms with Crippen molar-refractivity contribution >= 4 is 22.6 Å². The van der Waals surface area contributed by atoms with Crippen LogP contribution in [0.15, 0.2) is 51.4 Å². The highest BCUT2D eigenvalue weighted by atomic mass is 35.5. The first-order chi connectivity index (χ1) is 16.7. The third kappa shape index (κ3) is 5.58. The molecule has 0 fully saturated rings. The molecule has 1 aromatic carbocycles. The molecule has 1 aliphatic heterocycles. The highest BCUT2D eigenvalue weighted by Crippen LogP contribution is 2.29. The van der Waals surface area contributed by atoms with E-state index >= 15 is 0 Å². The summed E-state index contributed by atoms with van der Waals surface area (Å²) in [6, 6.07) is 5.18. The van der Waals surface area contributed by atoms with E-state index in [9.17, 15) is 22.8 Å². The molecule has 0 atom stereocenters. The molecule has 3 heterocycles. The van der Waals surface area contributed by atoms with Crippen molar-refractivity contribution in [1.29, 1.82) is 0 Å². The van der Waals surface area contributed by atoms with E-state index in [0.29, 0.717) is 41.5 Å². The molecule has 186 valence electrons. The Labute approximate surface area is 204 Å². The maximum atomic E-state index is 13.0. The molecular formula is C24H25ClF3N5O2. The fourth-order valence-electron chi connectivity index (χ4n) is 4.14. The molecule has 0 bridgehead atoms. The lowest BCUT2D eigenvalue weighted by atomic mass is 10.1. The maximum absolute atomic E-state index is 13.0. The summed E-state index contributed by atoms with van der Waals surface area (Å²) in [5.74, 6) is 0.364. The summed E-state index contributed by atoms with van der Waals surface area (Å²) in [6.07, 6.45) is 1.83. The van der Waals surface area contributed by atoms with E-state index in [4.69, 9.17) is 11.6 Å². The van der Waals surface area contributed by atoms with Crippen molar-refractivity contribution in [3.05, 3.63) is 80.0 Å². The van der Waals surface area contributed by atoms with Crippen LogP contribution < -0.4 is 11.2 Å².